The van der Waals surface area contributed by atoms with Crippen LogP contribution < -0.4 is 5.32 Å². The second-order valence-electron chi connectivity index (χ2n) is 3.58. The van der Waals surface area contributed by atoms with Gasteiger partial charge in [0.15, 0.2) is 0 Å². The number of nitrogens with one attached hydrogen (secondary N) is 1. The molecule has 0 fully saturated rings. The van der Waals surface area contributed by atoms with Crippen molar-refractivity contribution in [2.75, 3.05) is 27.2 Å². The molecule has 0 aromatic heterocycles. The molecule has 0 aliphatic carbocycles. The van der Waals surface area contributed by atoms with E-state index in [1.54, 1.807) is 6.07 Å². The molecule has 0 heterocycles. The van der Waals surface area contributed by atoms with Crippen molar-refractivity contribution in [3.8, 4) is 0 Å². The third-order valence-corrected chi connectivity index (χ3v) is 2.80. The van der Waals surface area contributed by atoms with Crippen LogP contribution in [0.1, 0.15) is 5.56 Å². The van der Waals surface area contributed by atoms with E-state index >= 15 is 0 Å². The molecule has 0 bridgehead atoms. The van der Waals surface area contributed by atoms with E-state index in [0.29, 0.717) is 0 Å². The number of likely N-dealkylation sites (N-methyl/N-ethyl adjacent to an activating group) is 2. The zero-order valence-corrected chi connectivity index (χ0v) is 10.6. The van der Waals surface area contributed by atoms with Crippen molar-refractivity contribution in [3.63, 3.8) is 0 Å². The van der Waals surface area contributed by atoms with Gasteiger partial charge in [-0.25, -0.2) is 0 Å². The van der Waals surface area contributed by atoms with Crippen molar-refractivity contribution >= 4 is 23.2 Å². The van der Waals surface area contributed by atoms with Crippen LogP contribution in [0.5, 0.6) is 0 Å². The highest BCUT2D eigenvalue weighted by Crippen LogP contribution is 2.21. The molecule has 0 radical (unpaired) electrons. The Labute approximate surface area is 101 Å². The molecule has 0 aliphatic rings. The molecule has 2 nitrogen and oxygen atoms in total. The van der Waals surface area contributed by atoms with Crippen molar-refractivity contribution < 1.29 is 0 Å². The van der Waals surface area contributed by atoms with Crippen LogP contribution in [0.15, 0.2) is 18.2 Å². The third-order valence-electron chi connectivity index (χ3n) is 2.19. The highest BCUT2D eigenvalue weighted by molar-refractivity contribution is 6.33. The van der Waals surface area contributed by atoms with Crippen molar-refractivity contribution in [1.82, 2.24) is 10.2 Å². The molecule has 0 saturated heterocycles. The average molecular weight is 247 g/mol. The zero-order chi connectivity index (χ0) is 11.3. The Morgan fingerprint density at radius 3 is 2.73 bits per heavy atom. The number of hydrogen-bond acceptors (Lipinski definition) is 2. The Bertz CT molecular complexity index is 315. The van der Waals surface area contributed by atoms with E-state index in [1.165, 1.54) is 0 Å². The maximum Gasteiger partial charge on any atom is 0.0452 e. The van der Waals surface area contributed by atoms with Crippen molar-refractivity contribution in [1.29, 1.82) is 0 Å². The Kier molecular flexibility index (Phi) is 5.40. The van der Waals surface area contributed by atoms with Gasteiger partial charge in [0.1, 0.15) is 0 Å². The van der Waals surface area contributed by atoms with Crippen molar-refractivity contribution in [3.05, 3.63) is 33.8 Å². The number of halogens is 2. The van der Waals surface area contributed by atoms with E-state index in [2.05, 4.69) is 17.3 Å². The Morgan fingerprint density at radius 2 is 2.07 bits per heavy atom. The molecule has 1 rings (SSSR count). The fraction of sp³-hybridized carbons (Fsp3) is 0.455. The highest BCUT2D eigenvalue weighted by atomic mass is 35.5. The lowest BCUT2D eigenvalue weighted by Gasteiger charge is -2.17. The number of benzene rings is 1. The summed E-state index contributed by atoms with van der Waals surface area (Å²) in [7, 11) is 4.01. The number of hydrogen-bond donors (Lipinski definition) is 1. The largest absolute Gasteiger partial charge is 0.318 e. The van der Waals surface area contributed by atoms with Crippen LogP contribution in [-0.4, -0.2) is 32.1 Å². The lowest BCUT2D eigenvalue weighted by molar-refractivity contribution is 0.328. The van der Waals surface area contributed by atoms with Crippen molar-refractivity contribution in [2.24, 2.45) is 0 Å². The van der Waals surface area contributed by atoms with Crippen LogP contribution in [0.2, 0.25) is 10.0 Å². The molecular formula is C11H16Cl2N2. The standard InChI is InChI=1S/C11H16Cl2N2/c1-14-5-6-15(2)8-9-7-10(12)3-4-11(9)13/h3-4,7,14H,5-6,8H2,1-2H3. The molecule has 0 saturated carbocycles. The lowest BCUT2D eigenvalue weighted by atomic mass is 10.2. The van der Waals surface area contributed by atoms with Crippen LogP contribution in [-0.2, 0) is 6.54 Å². The van der Waals surface area contributed by atoms with Gasteiger partial charge in [0.05, 0.1) is 0 Å². The van der Waals surface area contributed by atoms with Crippen LogP contribution in [0.3, 0.4) is 0 Å². The quantitative estimate of drug-likeness (QED) is 0.860. The summed E-state index contributed by atoms with van der Waals surface area (Å²) in [6, 6.07) is 5.56. The van der Waals surface area contributed by atoms with E-state index in [0.717, 1.165) is 35.2 Å². The minimum Gasteiger partial charge on any atom is -0.318 e. The van der Waals surface area contributed by atoms with Gasteiger partial charge in [0, 0.05) is 29.7 Å². The molecule has 1 N–H and O–H groups in total. The van der Waals surface area contributed by atoms with Crippen LogP contribution >= 0.6 is 23.2 Å². The fourth-order valence-corrected chi connectivity index (χ4v) is 1.71. The Morgan fingerprint density at radius 1 is 1.33 bits per heavy atom. The minimum atomic E-state index is 0.733. The molecule has 0 spiro atoms. The van der Waals surface area contributed by atoms with Gasteiger partial charge in [-0.2, -0.15) is 0 Å². The van der Waals surface area contributed by atoms with Crippen LogP contribution in [0.25, 0.3) is 0 Å². The Hall–Kier alpha value is -0.280. The van der Waals surface area contributed by atoms with Gasteiger partial charge in [-0.1, -0.05) is 23.2 Å². The molecule has 0 atom stereocenters. The van der Waals surface area contributed by atoms with Gasteiger partial charge in [0.25, 0.3) is 0 Å². The van der Waals surface area contributed by atoms with Crippen LogP contribution in [0.4, 0.5) is 0 Å². The molecule has 0 unspecified atom stereocenters. The molecule has 1 aromatic carbocycles. The second-order valence-corrected chi connectivity index (χ2v) is 4.42. The maximum atomic E-state index is 6.07. The van der Waals surface area contributed by atoms with Gasteiger partial charge in [-0.15, -0.1) is 0 Å². The second kappa shape index (κ2) is 6.33. The first kappa shape index (κ1) is 12.8. The molecule has 0 amide bonds. The summed E-state index contributed by atoms with van der Waals surface area (Å²) in [4.78, 5) is 2.20. The molecule has 15 heavy (non-hydrogen) atoms. The van der Waals surface area contributed by atoms with Gasteiger partial charge in [-0.05, 0) is 37.9 Å². The predicted octanol–water partition coefficient (Wildman–Crippen LogP) is 2.64. The maximum absolute atomic E-state index is 6.07. The summed E-state index contributed by atoms with van der Waals surface area (Å²) in [5.74, 6) is 0. The summed E-state index contributed by atoms with van der Waals surface area (Å²) in [6.45, 7) is 2.77. The van der Waals surface area contributed by atoms with E-state index in [4.69, 9.17) is 23.2 Å². The first-order chi connectivity index (χ1) is 7.13. The monoisotopic (exact) mass is 246 g/mol. The molecule has 0 aliphatic heterocycles. The van der Waals surface area contributed by atoms with Gasteiger partial charge >= 0.3 is 0 Å². The average Bonchev–Trinajstić information content (AvgIpc) is 2.20. The summed E-state index contributed by atoms with van der Waals surface area (Å²) in [5, 5.41) is 4.62. The van der Waals surface area contributed by atoms with E-state index in [9.17, 15) is 0 Å². The van der Waals surface area contributed by atoms with Gasteiger partial charge < -0.3 is 10.2 Å². The number of nitrogens with zero attached hydrogens (tertiary/aromatic N) is 1. The topological polar surface area (TPSA) is 15.3 Å². The summed E-state index contributed by atoms with van der Waals surface area (Å²) < 4.78 is 0. The Balaban J connectivity index is 2.59. The first-order valence-corrected chi connectivity index (χ1v) is 5.66. The molecule has 4 heteroatoms. The zero-order valence-electron chi connectivity index (χ0n) is 9.06. The SMILES string of the molecule is CNCCN(C)Cc1cc(Cl)ccc1Cl. The first-order valence-electron chi connectivity index (χ1n) is 4.90. The van der Waals surface area contributed by atoms with E-state index < -0.39 is 0 Å². The predicted molar refractivity (Wildman–Crippen MR) is 66.7 cm³/mol. The van der Waals surface area contributed by atoms with Gasteiger partial charge in [-0.3, -0.25) is 0 Å². The fourth-order valence-electron chi connectivity index (χ4n) is 1.34. The third kappa shape index (κ3) is 4.39. The summed E-state index contributed by atoms with van der Waals surface area (Å²) >= 11 is 12.0. The lowest BCUT2D eigenvalue weighted by Crippen LogP contribution is -2.27. The van der Waals surface area contributed by atoms with E-state index in [-0.39, 0.29) is 0 Å². The van der Waals surface area contributed by atoms with Crippen molar-refractivity contribution in [2.45, 2.75) is 6.54 Å². The number of rotatable bonds is 5. The minimum absolute atomic E-state index is 0.733. The normalized spacial score (nSPS) is 11.0. The molecular weight excluding hydrogens is 231 g/mol. The smallest absolute Gasteiger partial charge is 0.0452 e. The van der Waals surface area contributed by atoms with E-state index in [1.807, 2.05) is 19.2 Å². The molecule has 84 valence electrons. The summed E-state index contributed by atoms with van der Waals surface area (Å²) in [6.07, 6.45) is 0. The summed E-state index contributed by atoms with van der Waals surface area (Å²) in [5.41, 5.74) is 1.07. The van der Waals surface area contributed by atoms with Gasteiger partial charge in [0.2, 0.25) is 0 Å². The molecule has 1 aromatic rings. The van der Waals surface area contributed by atoms with Crippen LogP contribution in [0, 0.1) is 0 Å². The highest BCUT2D eigenvalue weighted by Gasteiger charge is 2.04.